The van der Waals surface area contributed by atoms with Crippen LogP contribution in [0.25, 0.3) is 82.8 Å². The summed E-state index contributed by atoms with van der Waals surface area (Å²) in [6.07, 6.45) is 0. The fraction of sp³-hybridized carbons (Fsp3) is 0. The summed E-state index contributed by atoms with van der Waals surface area (Å²) in [7, 11) is 0. The molecule has 0 fully saturated rings. The van der Waals surface area contributed by atoms with Crippen LogP contribution in [0.15, 0.2) is 243 Å². The van der Waals surface area contributed by atoms with Crippen molar-refractivity contribution in [2.24, 2.45) is 0 Å². The third kappa shape index (κ3) is 6.23. The Labute approximate surface area is 350 Å². The van der Waals surface area contributed by atoms with Crippen LogP contribution in [0.3, 0.4) is 0 Å². The molecular weight excluding hydrogens is 725 g/mol. The van der Waals surface area contributed by atoms with Crippen LogP contribution in [0, 0.1) is 0 Å². The van der Waals surface area contributed by atoms with Gasteiger partial charge in [-0.15, -0.1) is 0 Å². The predicted molar refractivity (Wildman–Crippen MR) is 255 cm³/mol. The number of fused-ring (bicyclic) bond motifs is 4. The zero-order chi connectivity index (χ0) is 39.8. The molecule has 0 radical (unpaired) electrons. The van der Waals surface area contributed by atoms with Gasteiger partial charge in [0, 0.05) is 22.0 Å². The van der Waals surface area contributed by atoms with Crippen molar-refractivity contribution in [1.82, 2.24) is 4.57 Å². The van der Waals surface area contributed by atoms with Gasteiger partial charge in [0.15, 0.2) is 0 Å². The van der Waals surface area contributed by atoms with E-state index in [0.29, 0.717) is 0 Å². The lowest BCUT2D eigenvalue weighted by Crippen LogP contribution is -2.14. The molecule has 60 heavy (non-hydrogen) atoms. The molecule has 0 amide bonds. The van der Waals surface area contributed by atoms with Crippen LogP contribution in [0.4, 0.5) is 17.1 Å². The minimum absolute atomic E-state index is 1.07. The molecule has 11 aromatic rings. The summed E-state index contributed by atoms with van der Waals surface area (Å²) in [4.78, 5) is 2.47. The van der Waals surface area contributed by atoms with Gasteiger partial charge in [0.2, 0.25) is 0 Å². The first-order valence-electron chi connectivity index (χ1n) is 20.6. The average Bonchev–Trinajstić information content (AvgIpc) is 3.67. The molecule has 0 unspecified atom stereocenters. The van der Waals surface area contributed by atoms with E-state index >= 15 is 0 Å². The van der Waals surface area contributed by atoms with E-state index in [4.69, 9.17) is 0 Å². The lowest BCUT2D eigenvalue weighted by atomic mass is 9.94. The summed E-state index contributed by atoms with van der Waals surface area (Å²) in [6.45, 7) is 0. The second-order valence-electron chi connectivity index (χ2n) is 15.3. The Kier molecular flexibility index (Phi) is 8.87. The van der Waals surface area contributed by atoms with Gasteiger partial charge in [-0.05, 0) is 98.2 Å². The fourth-order valence-electron chi connectivity index (χ4n) is 8.97. The number of anilines is 3. The van der Waals surface area contributed by atoms with Crippen LogP contribution < -0.4 is 4.90 Å². The maximum absolute atomic E-state index is 2.47. The topological polar surface area (TPSA) is 8.17 Å². The maximum atomic E-state index is 2.47. The summed E-state index contributed by atoms with van der Waals surface area (Å²) in [5.74, 6) is 0. The monoisotopic (exact) mass is 764 g/mol. The van der Waals surface area contributed by atoms with Crippen molar-refractivity contribution in [1.29, 1.82) is 0 Å². The van der Waals surface area contributed by atoms with Gasteiger partial charge < -0.3 is 9.47 Å². The highest BCUT2D eigenvalue weighted by Crippen LogP contribution is 2.47. The zero-order valence-electron chi connectivity index (χ0n) is 33.0. The van der Waals surface area contributed by atoms with Gasteiger partial charge in [-0.3, -0.25) is 0 Å². The highest BCUT2D eigenvalue weighted by Gasteiger charge is 2.24. The van der Waals surface area contributed by atoms with Crippen molar-refractivity contribution in [3.8, 4) is 50.2 Å². The molecule has 0 saturated heterocycles. The van der Waals surface area contributed by atoms with Crippen LogP contribution in [-0.2, 0) is 0 Å². The van der Waals surface area contributed by atoms with Crippen LogP contribution >= 0.6 is 0 Å². The molecular formula is C58H40N2. The first kappa shape index (κ1) is 35.2. The van der Waals surface area contributed by atoms with Gasteiger partial charge >= 0.3 is 0 Å². The highest BCUT2D eigenvalue weighted by molar-refractivity contribution is 6.10. The van der Waals surface area contributed by atoms with E-state index < -0.39 is 0 Å². The van der Waals surface area contributed by atoms with Gasteiger partial charge in [-0.25, -0.2) is 0 Å². The quantitative estimate of drug-likeness (QED) is 0.150. The fourth-order valence-corrected chi connectivity index (χ4v) is 8.97. The summed E-state index contributed by atoms with van der Waals surface area (Å²) in [6, 6.07) is 88.0. The standard InChI is InChI=1S/C58H40N2/c1-3-17-41(18-4-1)45-23-15-24-46(39-45)42-33-36-48(37-34-42)59(56-31-13-14-32-57(56)60-54-29-11-9-26-52(54)53-27-10-12-30-55(53)60)58-40-47(35-38-51(58)44-19-5-2-6-20-44)50-28-16-22-43-21-7-8-25-49(43)50/h1-40H. The van der Waals surface area contributed by atoms with E-state index in [1.54, 1.807) is 0 Å². The molecule has 1 heterocycles. The minimum Gasteiger partial charge on any atom is -0.308 e. The SMILES string of the molecule is c1ccc(-c2cccc(-c3ccc(N(c4cc(-c5cccc6ccccc56)ccc4-c4ccccc4)c4ccccc4-n4c5ccccc5c5ccccc54)cc3)c2)cc1. The third-order valence-electron chi connectivity index (χ3n) is 11.8. The van der Waals surface area contributed by atoms with E-state index in [0.717, 1.165) is 39.4 Å². The normalized spacial score (nSPS) is 11.3. The lowest BCUT2D eigenvalue weighted by molar-refractivity contribution is 1.15. The van der Waals surface area contributed by atoms with Gasteiger partial charge in [0.05, 0.1) is 28.1 Å². The van der Waals surface area contributed by atoms with Gasteiger partial charge in [0.25, 0.3) is 0 Å². The molecule has 0 aliphatic rings. The number of para-hydroxylation sites is 4. The summed E-state index contributed by atoms with van der Waals surface area (Å²) in [5.41, 5.74) is 16.1. The van der Waals surface area contributed by atoms with Crippen LogP contribution in [-0.4, -0.2) is 4.57 Å². The summed E-state index contributed by atoms with van der Waals surface area (Å²) >= 11 is 0. The van der Waals surface area contributed by atoms with Crippen LogP contribution in [0.5, 0.6) is 0 Å². The Morgan fingerprint density at radius 3 is 1.52 bits per heavy atom. The van der Waals surface area contributed by atoms with Crippen molar-refractivity contribution in [2.75, 3.05) is 4.90 Å². The molecule has 11 rings (SSSR count). The Morgan fingerprint density at radius 1 is 0.283 bits per heavy atom. The molecule has 0 saturated carbocycles. The van der Waals surface area contributed by atoms with Crippen molar-refractivity contribution in [2.45, 2.75) is 0 Å². The first-order chi connectivity index (χ1) is 29.8. The summed E-state index contributed by atoms with van der Waals surface area (Å²) in [5, 5.41) is 4.93. The molecule has 0 atom stereocenters. The Balaban J connectivity index is 1.16. The van der Waals surface area contributed by atoms with E-state index in [9.17, 15) is 0 Å². The predicted octanol–water partition coefficient (Wildman–Crippen LogP) is 16.1. The average molecular weight is 765 g/mol. The third-order valence-corrected chi connectivity index (χ3v) is 11.8. The minimum atomic E-state index is 1.07. The molecule has 2 nitrogen and oxygen atoms in total. The Morgan fingerprint density at radius 2 is 0.800 bits per heavy atom. The molecule has 0 aliphatic heterocycles. The van der Waals surface area contributed by atoms with Crippen LogP contribution in [0.2, 0.25) is 0 Å². The molecule has 282 valence electrons. The second-order valence-corrected chi connectivity index (χ2v) is 15.3. The second kappa shape index (κ2) is 15.1. The largest absolute Gasteiger partial charge is 0.308 e. The number of hydrogen-bond acceptors (Lipinski definition) is 1. The van der Waals surface area contributed by atoms with E-state index in [1.165, 1.54) is 60.4 Å². The van der Waals surface area contributed by atoms with Crippen molar-refractivity contribution in [3.05, 3.63) is 243 Å². The van der Waals surface area contributed by atoms with Crippen LogP contribution in [0.1, 0.15) is 0 Å². The maximum Gasteiger partial charge on any atom is 0.0702 e. The molecule has 0 spiro atoms. The number of hydrogen-bond donors (Lipinski definition) is 0. The Bertz CT molecular complexity index is 3250. The molecule has 0 bridgehead atoms. The first-order valence-corrected chi connectivity index (χ1v) is 20.6. The number of aromatic nitrogens is 1. The smallest absolute Gasteiger partial charge is 0.0702 e. The number of rotatable bonds is 8. The van der Waals surface area contributed by atoms with Crippen molar-refractivity contribution < 1.29 is 0 Å². The molecule has 2 heteroatoms. The Hall–Kier alpha value is -7.94. The van der Waals surface area contributed by atoms with E-state index in [2.05, 4.69) is 252 Å². The van der Waals surface area contributed by atoms with Gasteiger partial charge in [0.1, 0.15) is 0 Å². The van der Waals surface area contributed by atoms with E-state index in [-0.39, 0.29) is 0 Å². The lowest BCUT2D eigenvalue weighted by Gasteiger charge is -2.31. The van der Waals surface area contributed by atoms with E-state index in [1.807, 2.05) is 0 Å². The highest BCUT2D eigenvalue weighted by atomic mass is 15.2. The number of nitrogens with zero attached hydrogens (tertiary/aromatic N) is 2. The van der Waals surface area contributed by atoms with Crippen molar-refractivity contribution >= 4 is 49.6 Å². The molecule has 1 aromatic heterocycles. The van der Waals surface area contributed by atoms with Crippen molar-refractivity contribution in [3.63, 3.8) is 0 Å². The van der Waals surface area contributed by atoms with Gasteiger partial charge in [-0.1, -0.05) is 194 Å². The molecule has 10 aromatic carbocycles. The number of benzene rings is 10. The van der Waals surface area contributed by atoms with Gasteiger partial charge in [-0.2, -0.15) is 0 Å². The zero-order valence-corrected chi connectivity index (χ0v) is 33.0. The summed E-state index contributed by atoms with van der Waals surface area (Å²) < 4.78 is 2.44. The molecule has 0 N–H and O–H groups in total. The molecule has 0 aliphatic carbocycles.